The highest BCUT2D eigenvalue weighted by atomic mass is 16.5. The number of fused-ring (bicyclic) bond motifs is 1. The molecule has 5 heteroatoms. The number of allylic oxidation sites excluding steroid dienone is 2. The Morgan fingerprint density at radius 2 is 2.10 bits per heavy atom. The Hall–Kier alpha value is -2.14. The number of carbonyl (C=O) groups excluding carboxylic acids is 2. The molecule has 6 rings (SSSR count). The number of rotatable bonds is 1. The highest BCUT2D eigenvalue weighted by Gasteiger charge is 2.63. The number of hydrogen-bond donors (Lipinski definition) is 0. The molecule has 2 bridgehead atoms. The lowest BCUT2D eigenvalue weighted by atomic mass is 9.65. The van der Waals surface area contributed by atoms with E-state index in [1.54, 1.807) is 0 Å². The number of Topliss-reactive ketones (excluding diaryl/α,β-unsaturated/α-hetero) is 1. The SMILES string of the molecule is C=C1CC2CN3CC(C)C4CC3C2(C)C2=C(C4=O)C(C(=O)OC)=C3CCOC1=C32. The van der Waals surface area contributed by atoms with Crippen molar-refractivity contribution in [3.8, 4) is 0 Å². The van der Waals surface area contributed by atoms with E-state index in [1.165, 1.54) is 7.11 Å². The first kappa shape index (κ1) is 17.7. The van der Waals surface area contributed by atoms with Crippen molar-refractivity contribution < 1.29 is 19.1 Å². The number of hydrogen-bond acceptors (Lipinski definition) is 5. The van der Waals surface area contributed by atoms with Crippen LogP contribution in [0.4, 0.5) is 0 Å². The van der Waals surface area contributed by atoms with Crippen molar-refractivity contribution in [1.82, 2.24) is 4.90 Å². The molecule has 0 aromatic heterocycles. The van der Waals surface area contributed by atoms with Crippen LogP contribution in [0, 0.1) is 23.2 Å². The van der Waals surface area contributed by atoms with Gasteiger partial charge in [-0.15, -0.1) is 0 Å². The minimum absolute atomic E-state index is 0.0326. The molecule has 0 amide bonds. The highest BCUT2D eigenvalue weighted by Crippen LogP contribution is 2.65. The molecule has 3 aliphatic heterocycles. The summed E-state index contributed by atoms with van der Waals surface area (Å²) in [6.45, 7) is 11.4. The number of piperidine rings is 1. The normalized spacial score (nSPS) is 40.2. The Labute approximate surface area is 171 Å². The van der Waals surface area contributed by atoms with E-state index in [0.29, 0.717) is 36.1 Å². The molecule has 0 aromatic rings. The third kappa shape index (κ3) is 1.91. The minimum atomic E-state index is -0.387. The number of ketones is 1. The highest BCUT2D eigenvalue weighted by molar-refractivity contribution is 6.15. The number of methoxy groups -OCH3 is 1. The van der Waals surface area contributed by atoms with Crippen LogP contribution in [0.3, 0.4) is 0 Å². The number of nitrogens with zero attached hydrogens (tertiary/aromatic N) is 1. The third-order valence-electron chi connectivity index (χ3n) is 8.63. The molecule has 5 unspecified atom stereocenters. The molecule has 5 nitrogen and oxygen atoms in total. The van der Waals surface area contributed by atoms with Gasteiger partial charge in [0.1, 0.15) is 5.76 Å². The van der Waals surface area contributed by atoms with E-state index in [4.69, 9.17) is 9.47 Å². The van der Waals surface area contributed by atoms with Crippen LogP contribution in [0.2, 0.25) is 0 Å². The molecular weight excluding hydrogens is 366 g/mol. The van der Waals surface area contributed by atoms with Crippen LogP contribution >= 0.6 is 0 Å². The summed E-state index contributed by atoms with van der Waals surface area (Å²) in [5.41, 5.74) is 5.00. The molecule has 3 heterocycles. The summed E-state index contributed by atoms with van der Waals surface area (Å²) in [6, 6.07) is 0.324. The van der Waals surface area contributed by atoms with Crippen LogP contribution in [-0.4, -0.2) is 49.5 Å². The first-order chi connectivity index (χ1) is 13.9. The quantitative estimate of drug-likeness (QED) is 0.641. The van der Waals surface area contributed by atoms with Gasteiger partial charge in [0.15, 0.2) is 5.78 Å². The van der Waals surface area contributed by atoms with E-state index in [9.17, 15) is 9.59 Å². The zero-order valence-electron chi connectivity index (χ0n) is 17.3. The van der Waals surface area contributed by atoms with Gasteiger partial charge in [-0.3, -0.25) is 9.69 Å². The summed E-state index contributed by atoms with van der Waals surface area (Å²) in [4.78, 5) is 29.5. The van der Waals surface area contributed by atoms with Gasteiger partial charge in [0.2, 0.25) is 0 Å². The third-order valence-corrected chi connectivity index (χ3v) is 8.63. The van der Waals surface area contributed by atoms with Crippen molar-refractivity contribution in [1.29, 1.82) is 0 Å². The zero-order chi connectivity index (χ0) is 20.2. The van der Waals surface area contributed by atoms with Crippen LogP contribution in [0.5, 0.6) is 0 Å². The van der Waals surface area contributed by atoms with E-state index in [-0.39, 0.29) is 29.0 Å². The Morgan fingerprint density at radius 1 is 1.31 bits per heavy atom. The largest absolute Gasteiger partial charge is 0.492 e. The van der Waals surface area contributed by atoms with Gasteiger partial charge >= 0.3 is 5.97 Å². The first-order valence-electron chi connectivity index (χ1n) is 10.8. The smallest absolute Gasteiger partial charge is 0.338 e. The van der Waals surface area contributed by atoms with E-state index in [1.807, 2.05) is 0 Å². The van der Waals surface area contributed by atoms with Gasteiger partial charge < -0.3 is 9.47 Å². The van der Waals surface area contributed by atoms with Crippen molar-refractivity contribution in [3.05, 3.63) is 45.8 Å². The van der Waals surface area contributed by atoms with Gasteiger partial charge in [-0.05, 0) is 41.4 Å². The lowest BCUT2D eigenvalue weighted by Crippen LogP contribution is -2.48. The van der Waals surface area contributed by atoms with Crippen LogP contribution in [0.1, 0.15) is 33.1 Å². The molecule has 2 fully saturated rings. The van der Waals surface area contributed by atoms with Gasteiger partial charge in [0.25, 0.3) is 0 Å². The number of carbonyl (C=O) groups is 2. The summed E-state index contributed by atoms with van der Waals surface area (Å²) in [5.74, 6) is 1.20. The Bertz CT molecular complexity index is 998. The van der Waals surface area contributed by atoms with Crippen molar-refractivity contribution in [2.75, 3.05) is 26.8 Å². The number of esters is 1. The fraction of sp³-hybridized carbons (Fsp3) is 0.583. The number of ether oxygens (including phenoxy) is 2. The van der Waals surface area contributed by atoms with Crippen LogP contribution < -0.4 is 0 Å². The predicted molar refractivity (Wildman–Crippen MR) is 107 cm³/mol. The van der Waals surface area contributed by atoms with Crippen molar-refractivity contribution >= 4 is 11.8 Å². The lowest BCUT2D eigenvalue weighted by molar-refractivity contribution is -0.136. The molecular formula is C24H27NO4. The second kappa shape index (κ2) is 5.51. The standard InChI is InChI=1S/C24H27NO4/c1-11-7-13-10-25-9-12(2)15-8-16(25)24(13,3)20-18-14(5-6-29-22(11)18)17(23(27)28-4)19(20)21(15)26/h12-13,15-16H,1,5-10H2,2-4H3. The molecule has 0 spiro atoms. The molecule has 6 aliphatic rings. The molecule has 5 atom stereocenters. The maximum absolute atomic E-state index is 14.0. The zero-order valence-corrected chi connectivity index (χ0v) is 17.3. The minimum Gasteiger partial charge on any atom is -0.492 e. The molecule has 152 valence electrons. The maximum atomic E-state index is 14.0. The van der Waals surface area contributed by atoms with Gasteiger partial charge in [-0.1, -0.05) is 20.4 Å². The molecule has 29 heavy (non-hydrogen) atoms. The van der Waals surface area contributed by atoms with E-state index < -0.39 is 0 Å². The van der Waals surface area contributed by atoms with Crippen LogP contribution in [0.25, 0.3) is 0 Å². The summed E-state index contributed by atoms with van der Waals surface area (Å²) in [5, 5.41) is 0. The summed E-state index contributed by atoms with van der Waals surface area (Å²) in [7, 11) is 1.41. The van der Waals surface area contributed by atoms with E-state index >= 15 is 0 Å². The van der Waals surface area contributed by atoms with Gasteiger partial charge in [-0.25, -0.2) is 4.79 Å². The first-order valence-corrected chi connectivity index (χ1v) is 10.8. The van der Waals surface area contributed by atoms with Crippen LogP contribution in [-0.2, 0) is 19.1 Å². The summed E-state index contributed by atoms with van der Waals surface area (Å²) in [6.07, 6.45) is 2.39. The van der Waals surface area contributed by atoms with Gasteiger partial charge in [0, 0.05) is 48.0 Å². The molecule has 0 radical (unpaired) electrons. The predicted octanol–water partition coefficient (Wildman–Crippen LogP) is 2.95. The molecule has 2 saturated heterocycles. The van der Waals surface area contributed by atoms with E-state index in [0.717, 1.165) is 54.0 Å². The lowest BCUT2D eigenvalue weighted by Gasteiger charge is -2.43. The van der Waals surface area contributed by atoms with Crippen molar-refractivity contribution in [2.45, 2.75) is 39.2 Å². The van der Waals surface area contributed by atoms with Crippen molar-refractivity contribution in [3.63, 3.8) is 0 Å². The van der Waals surface area contributed by atoms with Gasteiger partial charge in [-0.2, -0.15) is 0 Å². The molecule has 0 N–H and O–H groups in total. The topological polar surface area (TPSA) is 55.8 Å². The average Bonchev–Trinajstić information content (AvgIpc) is 3.13. The fourth-order valence-electron chi connectivity index (χ4n) is 7.30. The Morgan fingerprint density at radius 3 is 2.86 bits per heavy atom. The monoisotopic (exact) mass is 393 g/mol. The molecule has 0 saturated carbocycles. The molecule has 3 aliphatic carbocycles. The molecule has 0 aromatic carbocycles. The summed E-state index contributed by atoms with van der Waals surface area (Å²) < 4.78 is 11.3. The van der Waals surface area contributed by atoms with Gasteiger partial charge in [0.05, 0.1) is 19.3 Å². The second-order valence-corrected chi connectivity index (χ2v) is 9.84. The van der Waals surface area contributed by atoms with E-state index in [2.05, 4.69) is 25.3 Å². The van der Waals surface area contributed by atoms with Crippen LogP contribution in [0.15, 0.2) is 45.8 Å². The Balaban J connectivity index is 1.74. The second-order valence-electron chi connectivity index (χ2n) is 9.84. The average molecular weight is 393 g/mol. The summed E-state index contributed by atoms with van der Waals surface area (Å²) >= 11 is 0. The Kier molecular flexibility index (Phi) is 3.36. The van der Waals surface area contributed by atoms with Crippen molar-refractivity contribution in [2.24, 2.45) is 23.2 Å². The maximum Gasteiger partial charge on any atom is 0.338 e. The fourth-order valence-corrected chi connectivity index (χ4v) is 7.30.